The van der Waals surface area contributed by atoms with Gasteiger partial charge in [0.25, 0.3) is 0 Å². The monoisotopic (exact) mass is 268 g/mol. The molecule has 1 aliphatic carbocycles. The molecule has 104 valence electrons. The summed E-state index contributed by atoms with van der Waals surface area (Å²) in [5.41, 5.74) is 1.55. The molecule has 2 aliphatic rings. The van der Waals surface area contributed by atoms with Crippen molar-refractivity contribution in [3.05, 3.63) is 11.8 Å². The molecule has 1 saturated carbocycles. The van der Waals surface area contributed by atoms with Crippen molar-refractivity contribution in [3.8, 4) is 0 Å². The molecular formula is C16H28OS. The van der Waals surface area contributed by atoms with Gasteiger partial charge in [-0.2, -0.15) is 11.8 Å². The van der Waals surface area contributed by atoms with Crippen LogP contribution in [-0.4, -0.2) is 18.1 Å². The summed E-state index contributed by atoms with van der Waals surface area (Å²) in [4.78, 5) is 0. The summed E-state index contributed by atoms with van der Waals surface area (Å²) in [5, 5.41) is 0. The Morgan fingerprint density at radius 2 is 1.89 bits per heavy atom. The van der Waals surface area contributed by atoms with E-state index in [1.54, 1.807) is 5.57 Å². The minimum atomic E-state index is 0.903. The van der Waals surface area contributed by atoms with Crippen LogP contribution in [0, 0.1) is 5.92 Å². The van der Waals surface area contributed by atoms with E-state index in [-0.39, 0.29) is 0 Å². The predicted octanol–water partition coefficient (Wildman–Crippen LogP) is 5.16. The molecule has 0 N–H and O–H groups in total. The Balaban J connectivity index is 1.58. The fraction of sp³-hybridized carbons (Fsp3) is 0.875. The van der Waals surface area contributed by atoms with Crippen molar-refractivity contribution in [3.63, 3.8) is 0 Å². The lowest BCUT2D eigenvalue weighted by Crippen LogP contribution is -2.10. The van der Waals surface area contributed by atoms with Crippen LogP contribution in [-0.2, 0) is 4.74 Å². The van der Waals surface area contributed by atoms with Crippen LogP contribution < -0.4 is 0 Å². The van der Waals surface area contributed by atoms with Gasteiger partial charge >= 0.3 is 0 Å². The standard InChI is InChI=1S/C16H28OS/c1-3-7-15(8-4-1)13-17-11-10-16-9-5-2-6-12-18-14-16/h13,16H,1-12,14H2. The van der Waals surface area contributed by atoms with Gasteiger partial charge in [0.2, 0.25) is 0 Å². The normalized spacial score (nSPS) is 26.2. The molecule has 1 saturated heterocycles. The molecule has 1 nitrogen and oxygen atoms in total. The molecule has 2 fully saturated rings. The van der Waals surface area contributed by atoms with E-state index in [1.807, 2.05) is 0 Å². The van der Waals surface area contributed by atoms with Crippen LogP contribution in [0.2, 0.25) is 0 Å². The van der Waals surface area contributed by atoms with Crippen LogP contribution in [0.15, 0.2) is 11.8 Å². The number of hydrogen-bond acceptors (Lipinski definition) is 2. The van der Waals surface area contributed by atoms with E-state index in [4.69, 9.17) is 4.74 Å². The quantitative estimate of drug-likeness (QED) is 0.514. The van der Waals surface area contributed by atoms with Crippen molar-refractivity contribution in [2.24, 2.45) is 5.92 Å². The van der Waals surface area contributed by atoms with Crippen LogP contribution in [0.5, 0.6) is 0 Å². The molecule has 2 rings (SSSR count). The minimum absolute atomic E-state index is 0.903. The molecule has 0 aromatic carbocycles. The van der Waals surface area contributed by atoms with Gasteiger partial charge in [0.1, 0.15) is 0 Å². The van der Waals surface area contributed by atoms with E-state index in [9.17, 15) is 0 Å². The van der Waals surface area contributed by atoms with E-state index in [1.165, 1.54) is 75.7 Å². The molecule has 0 radical (unpaired) electrons. The largest absolute Gasteiger partial charge is 0.501 e. The maximum Gasteiger partial charge on any atom is 0.0876 e. The fourth-order valence-electron chi connectivity index (χ4n) is 2.91. The maximum absolute atomic E-state index is 5.78. The van der Waals surface area contributed by atoms with Crippen molar-refractivity contribution in [1.29, 1.82) is 0 Å². The van der Waals surface area contributed by atoms with Gasteiger partial charge in [-0.05, 0) is 67.9 Å². The highest BCUT2D eigenvalue weighted by Gasteiger charge is 2.11. The second kappa shape index (κ2) is 8.90. The minimum Gasteiger partial charge on any atom is -0.501 e. The predicted molar refractivity (Wildman–Crippen MR) is 81.0 cm³/mol. The lowest BCUT2D eigenvalue weighted by molar-refractivity contribution is 0.217. The third-order valence-corrected chi connectivity index (χ3v) is 5.43. The highest BCUT2D eigenvalue weighted by Crippen LogP contribution is 2.25. The van der Waals surface area contributed by atoms with Crippen LogP contribution in [0.3, 0.4) is 0 Å². The number of allylic oxidation sites excluding steroid dienone is 1. The highest BCUT2D eigenvalue weighted by molar-refractivity contribution is 7.99. The highest BCUT2D eigenvalue weighted by atomic mass is 32.2. The van der Waals surface area contributed by atoms with E-state index in [2.05, 4.69) is 18.0 Å². The molecule has 1 aliphatic heterocycles. The molecular weight excluding hydrogens is 240 g/mol. The molecule has 0 spiro atoms. The zero-order chi connectivity index (χ0) is 12.5. The summed E-state index contributed by atoms with van der Waals surface area (Å²) >= 11 is 2.15. The van der Waals surface area contributed by atoms with Gasteiger partial charge < -0.3 is 4.74 Å². The van der Waals surface area contributed by atoms with Gasteiger partial charge in [-0.15, -0.1) is 0 Å². The molecule has 1 atom stereocenters. The number of thioether (sulfide) groups is 1. The van der Waals surface area contributed by atoms with E-state index in [0.717, 1.165) is 12.5 Å². The molecule has 1 heterocycles. The average molecular weight is 268 g/mol. The Bertz CT molecular complexity index is 233. The Morgan fingerprint density at radius 1 is 1.06 bits per heavy atom. The first-order valence-corrected chi connectivity index (χ1v) is 8.98. The molecule has 2 heteroatoms. The molecule has 0 aromatic heterocycles. The maximum atomic E-state index is 5.78. The van der Waals surface area contributed by atoms with E-state index < -0.39 is 0 Å². The van der Waals surface area contributed by atoms with Gasteiger partial charge in [0.15, 0.2) is 0 Å². The summed E-state index contributed by atoms with van der Waals surface area (Å²) in [5.74, 6) is 3.64. The fourth-order valence-corrected chi connectivity index (χ4v) is 4.15. The molecule has 18 heavy (non-hydrogen) atoms. The Kier molecular flexibility index (Phi) is 7.07. The first-order valence-electron chi connectivity index (χ1n) is 7.82. The topological polar surface area (TPSA) is 9.23 Å². The molecule has 0 amide bonds. The lowest BCUT2D eigenvalue weighted by Gasteiger charge is -2.19. The SMILES string of the molecule is C(OCCC1CCCCCSC1)=C1CCCCC1. The molecule has 0 bridgehead atoms. The number of ether oxygens (including phenoxy) is 1. The third-order valence-electron chi connectivity index (χ3n) is 4.14. The van der Waals surface area contributed by atoms with Crippen LogP contribution >= 0.6 is 11.8 Å². The molecule has 0 aromatic rings. The Hall–Kier alpha value is -0.110. The van der Waals surface area contributed by atoms with E-state index >= 15 is 0 Å². The van der Waals surface area contributed by atoms with Crippen molar-refractivity contribution >= 4 is 11.8 Å². The zero-order valence-electron chi connectivity index (χ0n) is 11.7. The number of hydrogen-bond donors (Lipinski definition) is 0. The zero-order valence-corrected chi connectivity index (χ0v) is 12.5. The van der Waals surface area contributed by atoms with Crippen LogP contribution in [0.4, 0.5) is 0 Å². The summed E-state index contributed by atoms with van der Waals surface area (Å²) in [6.45, 7) is 0.939. The van der Waals surface area contributed by atoms with Crippen molar-refractivity contribution in [2.75, 3.05) is 18.1 Å². The van der Waals surface area contributed by atoms with Gasteiger partial charge in [-0.25, -0.2) is 0 Å². The molecule has 1 unspecified atom stereocenters. The lowest BCUT2D eigenvalue weighted by atomic mass is 9.96. The summed E-state index contributed by atoms with van der Waals surface area (Å²) in [7, 11) is 0. The van der Waals surface area contributed by atoms with Gasteiger partial charge in [0.05, 0.1) is 12.9 Å². The van der Waals surface area contributed by atoms with Gasteiger partial charge in [-0.3, -0.25) is 0 Å². The van der Waals surface area contributed by atoms with Gasteiger partial charge in [-0.1, -0.05) is 19.3 Å². The van der Waals surface area contributed by atoms with Crippen LogP contribution in [0.25, 0.3) is 0 Å². The smallest absolute Gasteiger partial charge is 0.0876 e. The van der Waals surface area contributed by atoms with E-state index in [0.29, 0.717) is 0 Å². The van der Waals surface area contributed by atoms with Crippen LogP contribution in [0.1, 0.15) is 64.2 Å². The average Bonchev–Trinajstić information content (AvgIpc) is 2.38. The third kappa shape index (κ3) is 5.69. The first-order chi connectivity index (χ1) is 8.95. The second-order valence-corrected chi connectivity index (χ2v) is 6.94. The van der Waals surface area contributed by atoms with Gasteiger partial charge in [0, 0.05) is 0 Å². The van der Waals surface area contributed by atoms with Crippen molar-refractivity contribution in [2.45, 2.75) is 64.2 Å². The second-order valence-electron chi connectivity index (χ2n) is 5.79. The summed E-state index contributed by atoms with van der Waals surface area (Å²) in [6.07, 6.45) is 15.8. The first kappa shape index (κ1) is 14.3. The van der Waals surface area contributed by atoms with Crippen molar-refractivity contribution < 1.29 is 4.74 Å². The summed E-state index contributed by atoms with van der Waals surface area (Å²) < 4.78 is 5.78. The Labute approximate surface area is 117 Å². The Morgan fingerprint density at radius 3 is 2.78 bits per heavy atom. The number of rotatable bonds is 4. The van der Waals surface area contributed by atoms with Crippen molar-refractivity contribution in [1.82, 2.24) is 0 Å². The summed E-state index contributed by atoms with van der Waals surface area (Å²) in [6, 6.07) is 0.